The quantitative estimate of drug-likeness (QED) is 0.838. The summed E-state index contributed by atoms with van der Waals surface area (Å²) in [6.07, 6.45) is 7.44. The highest BCUT2D eigenvalue weighted by Crippen LogP contribution is 2.38. The lowest BCUT2D eigenvalue weighted by atomic mass is 9.84. The van der Waals surface area contributed by atoms with E-state index in [1.165, 1.54) is 19.4 Å². The van der Waals surface area contributed by atoms with Crippen LogP contribution in [0.4, 0.5) is 0 Å². The van der Waals surface area contributed by atoms with E-state index in [2.05, 4.69) is 15.1 Å². The van der Waals surface area contributed by atoms with E-state index >= 15 is 0 Å². The van der Waals surface area contributed by atoms with Gasteiger partial charge in [-0.3, -0.25) is 14.8 Å². The first-order chi connectivity index (χ1) is 10.7. The molecule has 3 rings (SSSR count). The van der Waals surface area contributed by atoms with E-state index in [9.17, 15) is 4.79 Å². The maximum Gasteiger partial charge on any atom is 0.271 e. The number of piperidine rings is 1. The molecule has 1 aromatic rings. The number of carbonyl (C=O) groups is 1. The lowest BCUT2D eigenvalue weighted by Crippen LogP contribution is -2.53. The fourth-order valence-electron chi connectivity index (χ4n) is 3.98. The molecule has 6 nitrogen and oxygen atoms in total. The van der Waals surface area contributed by atoms with Crippen LogP contribution in [-0.2, 0) is 4.74 Å². The van der Waals surface area contributed by atoms with Gasteiger partial charge in [0.25, 0.3) is 5.91 Å². The average molecular weight is 306 g/mol. The van der Waals surface area contributed by atoms with E-state index in [0.29, 0.717) is 11.2 Å². The first-order valence-electron chi connectivity index (χ1n) is 8.28. The van der Waals surface area contributed by atoms with Crippen LogP contribution >= 0.6 is 0 Å². The Morgan fingerprint density at radius 1 is 1.36 bits per heavy atom. The van der Waals surface area contributed by atoms with E-state index in [0.717, 1.165) is 45.5 Å². The predicted octanol–water partition coefficient (Wildman–Crippen LogP) is 1.52. The van der Waals surface area contributed by atoms with E-state index < -0.39 is 0 Å². The Morgan fingerprint density at radius 2 is 2.18 bits per heavy atom. The largest absolute Gasteiger partial charge is 0.385 e. The summed E-state index contributed by atoms with van der Waals surface area (Å²) < 4.78 is 5.18. The molecule has 1 amide bonds. The molecule has 2 aliphatic heterocycles. The van der Waals surface area contributed by atoms with E-state index in [1.54, 1.807) is 19.4 Å². The van der Waals surface area contributed by atoms with Gasteiger partial charge in [-0.25, -0.2) is 0 Å². The van der Waals surface area contributed by atoms with Crippen LogP contribution in [0.2, 0.25) is 0 Å². The summed E-state index contributed by atoms with van der Waals surface area (Å²) in [6.45, 7) is 4.83. The molecule has 2 aliphatic rings. The molecular weight excluding hydrogens is 280 g/mol. The zero-order chi connectivity index (χ0) is 15.4. The molecule has 2 fully saturated rings. The number of aromatic nitrogens is 2. The van der Waals surface area contributed by atoms with Crippen molar-refractivity contribution in [2.45, 2.75) is 37.6 Å². The average Bonchev–Trinajstić information content (AvgIpc) is 3.19. The molecule has 0 aromatic carbocycles. The Balaban J connectivity index is 1.57. The monoisotopic (exact) mass is 306 g/mol. The molecule has 6 heteroatoms. The third-order valence-corrected chi connectivity index (χ3v) is 5.23. The number of aromatic amines is 1. The number of ether oxygens (including phenoxy) is 1. The van der Waals surface area contributed by atoms with Gasteiger partial charge in [-0.05, 0) is 44.7 Å². The SMILES string of the molecule is COCCCN1CCCC12CCN(C(=O)c1ccn[nH]1)CC2. The van der Waals surface area contributed by atoms with Crippen molar-refractivity contribution in [2.24, 2.45) is 0 Å². The van der Waals surface area contributed by atoms with Gasteiger partial charge in [0, 0.05) is 45.1 Å². The number of methoxy groups -OCH3 is 1. The summed E-state index contributed by atoms with van der Waals surface area (Å²) in [6, 6.07) is 1.75. The predicted molar refractivity (Wildman–Crippen MR) is 83.8 cm³/mol. The fraction of sp³-hybridized carbons (Fsp3) is 0.750. The topological polar surface area (TPSA) is 61.5 Å². The van der Waals surface area contributed by atoms with Crippen LogP contribution in [0.3, 0.4) is 0 Å². The number of hydrogen-bond donors (Lipinski definition) is 1. The Morgan fingerprint density at radius 3 is 2.86 bits per heavy atom. The van der Waals surface area contributed by atoms with Gasteiger partial charge in [-0.15, -0.1) is 0 Å². The second-order valence-electron chi connectivity index (χ2n) is 6.42. The molecule has 1 spiro atoms. The van der Waals surface area contributed by atoms with Crippen molar-refractivity contribution in [1.29, 1.82) is 0 Å². The first kappa shape index (κ1) is 15.5. The minimum Gasteiger partial charge on any atom is -0.385 e. The molecule has 0 aliphatic carbocycles. The molecule has 1 N–H and O–H groups in total. The van der Waals surface area contributed by atoms with Crippen LogP contribution < -0.4 is 0 Å². The van der Waals surface area contributed by atoms with Crippen LogP contribution in [0.1, 0.15) is 42.6 Å². The van der Waals surface area contributed by atoms with E-state index in [1.807, 2.05) is 4.90 Å². The summed E-state index contributed by atoms with van der Waals surface area (Å²) in [4.78, 5) is 17.0. The Labute approximate surface area is 131 Å². The number of rotatable bonds is 5. The molecule has 0 unspecified atom stereocenters. The number of likely N-dealkylation sites (tertiary alicyclic amines) is 2. The van der Waals surface area contributed by atoms with Gasteiger partial charge in [0.05, 0.1) is 0 Å². The smallest absolute Gasteiger partial charge is 0.271 e. The Kier molecular flexibility index (Phi) is 4.78. The molecule has 0 atom stereocenters. The molecule has 22 heavy (non-hydrogen) atoms. The maximum atomic E-state index is 12.4. The Bertz CT molecular complexity index is 480. The number of carbonyl (C=O) groups excluding carboxylic acids is 1. The molecule has 2 saturated heterocycles. The first-order valence-corrected chi connectivity index (χ1v) is 8.28. The molecular formula is C16H26N4O2. The number of nitrogens with one attached hydrogen (secondary N) is 1. The highest BCUT2D eigenvalue weighted by Gasteiger charge is 2.43. The van der Waals surface area contributed by atoms with E-state index in [-0.39, 0.29) is 5.91 Å². The highest BCUT2D eigenvalue weighted by atomic mass is 16.5. The lowest BCUT2D eigenvalue weighted by Gasteiger charge is -2.45. The van der Waals surface area contributed by atoms with E-state index in [4.69, 9.17) is 4.74 Å². The molecule has 3 heterocycles. The third-order valence-electron chi connectivity index (χ3n) is 5.23. The van der Waals surface area contributed by atoms with Gasteiger partial charge >= 0.3 is 0 Å². The van der Waals surface area contributed by atoms with Gasteiger partial charge in [-0.2, -0.15) is 5.10 Å². The van der Waals surface area contributed by atoms with Gasteiger partial charge < -0.3 is 9.64 Å². The second-order valence-corrected chi connectivity index (χ2v) is 6.42. The summed E-state index contributed by atoms with van der Waals surface area (Å²) >= 11 is 0. The van der Waals surface area contributed by atoms with Crippen molar-refractivity contribution in [2.75, 3.05) is 39.9 Å². The molecule has 1 aromatic heterocycles. The molecule has 122 valence electrons. The summed E-state index contributed by atoms with van der Waals surface area (Å²) in [7, 11) is 1.76. The van der Waals surface area contributed by atoms with Gasteiger partial charge in [0.2, 0.25) is 0 Å². The maximum absolute atomic E-state index is 12.4. The number of H-pyrrole nitrogens is 1. The minimum atomic E-state index is 0.0799. The summed E-state index contributed by atoms with van der Waals surface area (Å²) in [5.74, 6) is 0.0799. The fourth-order valence-corrected chi connectivity index (χ4v) is 3.98. The van der Waals surface area contributed by atoms with Gasteiger partial charge in [0.15, 0.2) is 0 Å². The van der Waals surface area contributed by atoms with Crippen molar-refractivity contribution in [3.63, 3.8) is 0 Å². The summed E-state index contributed by atoms with van der Waals surface area (Å²) in [5, 5.41) is 6.64. The lowest BCUT2D eigenvalue weighted by molar-refractivity contribution is 0.0379. The van der Waals surface area contributed by atoms with Crippen molar-refractivity contribution < 1.29 is 9.53 Å². The highest BCUT2D eigenvalue weighted by molar-refractivity contribution is 5.92. The normalized spacial score (nSPS) is 21.6. The van der Waals surface area contributed by atoms with Crippen molar-refractivity contribution in [1.82, 2.24) is 20.0 Å². The number of amides is 1. The van der Waals surface area contributed by atoms with Crippen LogP contribution in [0.25, 0.3) is 0 Å². The summed E-state index contributed by atoms with van der Waals surface area (Å²) in [5.41, 5.74) is 0.915. The number of hydrogen-bond acceptors (Lipinski definition) is 4. The van der Waals surface area contributed by atoms with Crippen LogP contribution in [0.5, 0.6) is 0 Å². The zero-order valence-electron chi connectivity index (χ0n) is 13.4. The number of nitrogens with zero attached hydrogens (tertiary/aromatic N) is 3. The van der Waals surface area contributed by atoms with Crippen LogP contribution in [0, 0.1) is 0 Å². The van der Waals surface area contributed by atoms with Crippen LogP contribution in [-0.4, -0.2) is 71.3 Å². The molecule has 0 bridgehead atoms. The van der Waals surface area contributed by atoms with Crippen molar-refractivity contribution in [3.05, 3.63) is 18.0 Å². The zero-order valence-corrected chi connectivity index (χ0v) is 13.4. The molecule has 0 saturated carbocycles. The second kappa shape index (κ2) is 6.79. The van der Waals surface area contributed by atoms with Crippen LogP contribution in [0.15, 0.2) is 12.3 Å². The van der Waals surface area contributed by atoms with Gasteiger partial charge in [-0.1, -0.05) is 0 Å². The van der Waals surface area contributed by atoms with Gasteiger partial charge in [0.1, 0.15) is 5.69 Å². The van der Waals surface area contributed by atoms with Crippen molar-refractivity contribution in [3.8, 4) is 0 Å². The standard InChI is InChI=1S/C16H26N4O2/c1-22-13-3-10-20-9-2-5-16(20)6-11-19(12-7-16)15(21)14-4-8-17-18-14/h4,8H,2-3,5-7,9-13H2,1H3,(H,17,18). The van der Waals surface area contributed by atoms with Crippen molar-refractivity contribution >= 4 is 5.91 Å². The minimum absolute atomic E-state index is 0.0799. The third kappa shape index (κ3) is 3.03. The molecule has 0 radical (unpaired) electrons. The Hall–Kier alpha value is -1.40.